The van der Waals surface area contributed by atoms with Crippen molar-refractivity contribution in [1.29, 1.82) is 0 Å². The lowest BCUT2D eigenvalue weighted by atomic mass is 10.2. The third kappa shape index (κ3) is 5.94. The Kier molecular flexibility index (Phi) is 7.92. The van der Waals surface area contributed by atoms with Crippen molar-refractivity contribution in [1.82, 2.24) is 4.90 Å². The van der Waals surface area contributed by atoms with Gasteiger partial charge in [-0.15, -0.1) is 0 Å². The van der Waals surface area contributed by atoms with Crippen LogP contribution in [0.3, 0.4) is 0 Å². The molecule has 2 aromatic carbocycles. The Bertz CT molecular complexity index is 1210. The minimum absolute atomic E-state index is 0.0493. The zero-order valence-electron chi connectivity index (χ0n) is 17.7. The van der Waals surface area contributed by atoms with E-state index in [1.54, 1.807) is 24.3 Å². The van der Waals surface area contributed by atoms with Gasteiger partial charge in [0.05, 0.1) is 22.6 Å². The van der Waals surface area contributed by atoms with Gasteiger partial charge in [0.25, 0.3) is 17.1 Å². The van der Waals surface area contributed by atoms with E-state index < -0.39 is 35.5 Å². The second-order valence-electron chi connectivity index (χ2n) is 6.80. The zero-order chi connectivity index (χ0) is 24.8. The number of imide groups is 1. The fraction of sp³-hybridized carbons (Fsp3) is 0.136. The van der Waals surface area contributed by atoms with Gasteiger partial charge >= 0.3 is 5.97 Å². The first-order chi connectivity index (χ1) is 16.2. The summed E-state index contributed by atoms with van der Waals surface area (Å²) in [5.74, 6) is -2.37. The molecular weight excluding hydrogens is 486 g/mol. The molecular formula is C22H18ClN3O7S. The summed E-state index contributed by atoms with van der Waals surface area (Å²) in [6, 6.07) is 10.8. The van der Waals surface area contributed by atoms with Crippen LogP contribution in [0.5, 0.6) is 5.75 Å². The number of primary amides is 1. The number of para-hydroxylation sites is 1. The van der Waals surface area contributed by atoms with E-state index in [0.717, 1.165) is 4.90 Å². The number of nitrogens with zero attached hydrogens (tertiary/aromatic N) is 1. The van der Waals surface area contributed by atoms with E-state index in [4.69, 9.17) is 22.1 Å². The Morgan fingerprint density at radius 1 is 1.18 bits per heavy atom. The largest absolute Gasteiger partial charge is 0.483 e. The second kappa shape index (κ2) is 10.9. The molecule has 2 aromatic rings. The van der Waals surface area contributed by atoms with Crippen LogP contribution in [0, 0.1) is 0 Å². The minimum atomic E-state index is -0.683. The Labute approximate surface area is 203 Å². The van der Waals surface area contributed by atoms with E-state index in [1.807, 2.05) is 0 Å². The minimum Gasteiger partial charge on any atom is -0.483 e. The average molecular weight is 504 g/mol. The van der Waals surface area contributed by atoms with Gasteiger partial charge in [-0.3, -0.25) is 24.1 Å². The van der Waals surface area contributed by atoms with Gasteiger partial charge in [-0.2, -0.15) is 0 Å². The number of hydrogen-bond acceptors (Lipinski definition) is 8. The van der Waals surface area contributed by atoms with Crippen molar-refractivity contribution in [2.45, 2.75) is 0 Å². The van der Waals surface area contributed by atoms with Gasteiger partial charge in [0.1, 0.15) is 12.3 Å². The lowest BCUT2D eigenvalue weighted by molar-refractivity contribution is -0.127. The number of methoxy groups -OCH3 is 1. The van der Waals surface area contributed by atoms with Crippen LogP contribution in [-0.2, 0) is 19.1 Å². The molecule has 0 radical (unpaired) electrons. The van der Waals surface area contributed by atoms with Crippen molar-refractivity contribution in [2.24, 2.45) is 5.73 Å². The SMILES string of the molecule is COC(=O)c1cc(NC(=O)CN2C(=O)S/C(=C/c3ccccc3OCC(N)=O)C2=O)ccc1Cl. The van der Waals surface area contributed by atoms with Gasteiger partial charge < -0.3 is 20.5 Å². The van der Waals surface area contributed by atoms with Crippen molar-refractivity contribution in [2.75, 3.05) is 25.6 Å². The molecule has 0 saturated carbocycles. The van der Waals surface area contributed by atoms with E-state index in [9.17, 15) is 24.0 Å². The zero-order valence-corrected chi connectivity index (χ0v) is 19.3. The standard InChI is InChI=1S/C22H18ClN3O7S/c1-32-21(30)14-9-13(6-7-15(14)23)25-19(28)10-26-20(29)17(34-22(26)31)8-12-4-2-3-5-16(12)33-11-18(24)27/h2-9H,10-11H2,1H3,(H2,24,27)(H,25,28)/b17-8+. The van der Waals surface area contributed by atoms with Gasteiger partial charge in [0.2, 0.25) is 5.91 Å². The molecule has 10 nitrogen and oxygen atoms in total. The van der Waals surface area contributed by atoms with Gasteiger partial charge in [-0.25, -0.2) is 4.79 Å². The highest BCUT2D eigenvalue weighted by atomic mass is 35.5. The molecule has 0 bridgehead atoms. The van der Waals surface area contributed by atoms with Crippen molar-refractivity contribution < 1.29 is 33.4 Å². The Balaban J connectivity index is 1.72. The van der Waals surface area contributed by atoms with Crippen molar-refractivity contribution in [3.8, 4) is 5.75 Å². The predicted molar refractivity (Wildman–Crippen MR) is 125 cm³/mol. The van der Waals surface area contributed by atoms with Crippen LogP contribution in [0.25, 0.3) is 6.08 Å². The number of nitrogens with one attached hydrogen (secondary N) is 1. The monoisotopic (exact) mass is 503 g/mol. The molecule has 0 aliphatic carbocycles. The summed E-state index contributed by atoms with van der Waals surface area (Å²) < 4.78 is 9.96. The molecule has 0 atom stereocenters. The second-order valence-corrected chi connectivity index (χ2v) is 8.20. The van der Waals surface area contributed by atoms with E-state index in [1.165, 1.54) is 31.4 Å². The summed E-state index contributed by atoms with van der Waals surface area (Å²) in [4.78, 5) is 61.2. The summed E-state index contributed by atoms with van der Waals surface area (Å²) in [7, 11) is 1.19. The number of carbonyl (C=O) groups is 5. The molecule has 1 aliphatic rings. The fourth-order valence-electron chi connectivity index (χ4n) is 2.87. The number of amides is 4. The maximum Gasteiger partial charge on any atom is 0.339 e. The molecule has 1 heterocycles. The highest BCUT2D eigenvalue weighted by molar-refractivity contribution is 8.18. The maximum absolute atomic E-state index is 12.8. The van der Waals surface area contributed by atoms with Crippen LogP contribution in [0.15, 0.2) is 47.4 Å². The first kappa shape index (κ1) is 24.8. The Morgan fingerprint density at radius 2 is 1.91 bits per heavy atom. The molecule has 1 saturated heterocycles. The molecule has 0 spiro atoms. The molecule has 1 fully saturated rings. The average Bonchev–Trinajstić information content (AvgIpc) is 3.06. The summed E-state index contributed by atoms with van der Waals surface area (Å²) in [6.07, 6.45) is 1.43. The van der Waals surface area contributed by atoms with Crippen LogP contribution < -0.4 is 15.8 Å². The van der Waals surface area contributed by atoms with Crippen LogP contribution in [0.4, 0.5) is 10.5 Å². The summed E-state index contributed by atoms with van der Waals surface area (Å²) >= 11 is 6.62. The number of nitrogens with two attached hydrogens (primary N) is 1. The number of benzene rings is 2. The van der Waals surface area contributed by atoms with Gasteiger partial charge in [-0.05, 0) is 42.1 Å². The lowest BCUT2D eigenvalue weighted by Crippen LogP contribution is -2.36. The van der Waals surface area contributed by atoms with Crippen molar-refractivity contribution >= 4 is 64.1 Å². The normalized spacial score (nSPS) is 14.3. The first-order valence-electron chi connectivity index (χ1n) is 9.62. The molecule has 12 heteroatoms. The fourth-order valence-corrected chi connectivity index (χ4v) is 3.90. The quantitative estimate of drug-likeness (QED) is 0.413. The third-order valence-corrected chi connectivity index (χ3v) is 5.64. The Hall–Kier alpha value is -3.83. The molecule has 4 amide bonds. The summed E-state index contributed by atoms with van der Waals surface area (Å²) in [5, 5.41) is 2.02. The summed E-state index contributed by atoms with van der Waals surface area (Å²) in [6.45, 7) is -0.896. The van der Waals surface area contributed by atoms with Crippen LogP contribution in [0.1, 0.15) is 15.9 Å². The topological polar surface area (TPSA) is 145 Å². The van der Waals surface area contributed by atoms with Gasteiger partial charge in [0.15, 0.2) is 6.61 Å². The molecule has 176 valence electrons. The number of halogens is 1. The molecule has 34 heavy (non-hydrogen) atoms. The summed E-state index contributed by atoms with van der Waals surface area (Å²) in [5.41, 5.74) is 5.83. The van der Waals surface area contributed by atoms with Gasteiger partial charge in [0, 0.05) is 11.3 Å². The van der Waals surface area contributed by atoms with E-state index in [-0.39, 0.29) is 27.8 Å². The number of esters is 1. The third-order valence-electron chi connectivity index (χ3n) is 4.41. The number of rotatable bonds is 8. The lowest BCUT2D eigenvalue weighted by Gasteiger charge is -2.13. The number of thioether (sulfide) groups is 1. The van der Waals surface area contributed by atoms with E-state index in [2.05, 4.69) is 10.1 Å². The predicted octanol–water partition coefficient (Wildman–Crippen LogP) is 2.67. The van der Waals surface area contributed by atoms with Crippen molar-refractivity contribution in [3.05, 3.63) is 63.5 Å². The number of ether oxygens (including phenoxy) is 2. The number of anilines is 1. The molecule has 3 rings (SSSR count). The van der Waals surface area contributed by atoms with Gasteiger partial charge in [-0.1, -0.05) is 29.8 Å². The van der Waals surface area contributed by atoms with Crippen LogP contribution >= 0.6 is 23.4 Å². The van der Waals surface area contributed by atoms with Crippen molar-refractivity contribution in [3.63, 3.8) is 0 Å². The first-order valence-corrected chi connectivity index (χ1v) is 10.8. The number of hydrogen-bond donors (Lipinski definition) is 2. The molecule has 1 aliphatic heterocycles. The highest BCUT2D eigenvalue weighted by Gasteiger charge is 2.36. The molecule has 0 unspecified atom stereocenters. The van der Waals surface area contributed by atoms with Crippen LogP contribution in [-0.4, -0.2) is 54.1 Å². The Morgan fingerprint density at radius 3 is 2.62 bits per heavy atom. The number of carbonyl (C=O) groups excluding carboxylic acids is 5. The highest BCUT2D eigenvalue weighted by Crippen LogP contribution is 2.34. The smallest absolute Gasteiger partial charge is 0.339 e. The van der Waals surface area contributed by atoms with E-state index in [0.29, 0.717) is 23.1 Å². The molecule has 3 N–H and O–H groups in total. The molecule has 0 aromatic heterocycles. The van der Waals surface area contributed by atoms with Crippen LogP contribution in [0.2, 0.25) is 5.02 Å². The van der Waals surface area contributed by atoms with E-state index >= 15 is 0 Å². The maximum atomic E-state index is 12.8.